The van der Waals surface area contributed by atoms with Crippen molar-refractivity contribution in [3.8, 4) is 11.3 Å². The Kier molecular flexibility index (Phi) is 3.99. The third kappa shape index (κ3) is 2.94. The predicted molar refractivity (Wildman–Crippen MR) is 71.4 cm³/mol. The van der Waals surface area contributed by atoms with Crippen LogP contribution in [-0.4, -0.2) is 17.6 Å². The summed E-state index contributed by atoms with van der Waals surface area (Å²) in [5.41, 5.74) is 0.467. The maximum atomic E-state index is 11.3. The highest BCUT2D eigenvalue weighted by atomic mass is 16.6. The smallest absolute Gasteiger partial charge is 0.411 e. The zero-order valence-electron chi connectivity index (χ0n) is 10.7. The molecule has 1 heterocycles. The molecule has 7 nitrogen and oxygen atoms in total. The molecule has 2 rings (SSSR count). The van der Waals surface area contributed by atoms with Gasteiger partial charge in [-0.05, 0) is 31.2 Å². The van der Waals surface area contributed by atoms with Crippen molar-refractivity contribution in [3.05, 3.63) is 46.7 Å². The second kappa shape index (κ2) is 5.87. The lowest BCUT2D eigenvalue weighted by Gasteiger charge is -2.06. The Hall–Kier alpha value is -2.83. The number of nitrogens with zero attached hydrogens (tertiary/aromatic N) is 1. The van der Waals surface area contributed by atoms with Crippen molar-refractivity contribution in [2.75, 3.05) is 11.9 Å². The fourth-order valence-electron chi connectivity index (χ4n) is 1.69. The first-order valence-corrected chi connectivity index (χ1v) is 5.88. The Morgan fingerprint density at radius 2 is 2.25 bits per heavy atom. The van der Waals surface area contributed by atoms with Crippen LogP contribution in [-0.2, 0) is 4.74 Å². The minimum atomic E-state index is -0.660. The van der Waals surface area contributed by atoms with Gasteiger partial charge in [-0.15, -0.1) is 0 Å². The van der Waals surface area contributed by atoms with Gasteiger partial charge in [-0.1, -0.05) is 0 Å². The highest BCUT2D eigenvalue weighted by Gasteiger charge is 2.18. The van der Waals surface area contributed by atoms with Crippen LogP contribution in [0.25, 0.3) is 11.3 Å². The number of nitrogens with one attached hydrogen (secondary N) is 1. The van der Waals surface area contributed by atoms with E-state index in [-0.39, 0.29) is 18.0 Å². The molecule has 0 aliphatic rings. The molecule has 2 aromatic rings. The predicted octanol–water partition coefficient (Wildman–Crippen LogP) is 3.42. The van der Waals surface area contributed by atoms with Crippen molar-refractivity contribution >= 4 is 17.5 Å². The van der Waals surface area contributed by atoms with E-state index in [2.05, 4.69) is 5.32 Å². The normalized spacial score (nSPS) is 10.1. The van der Waals surface area contributed by atoms with Gasteiger partial charge < -0.3 is 9.15 Å². The molecule has 0 spiro atoms. The maximum absolute atomic E-state index is 11.3. The molecule has 1 aromatic heterocycles. The van der Waals surface area contributed by atoms with Crippen molar-refractivity contribution < 1.29 is 18.9 Å². The number of carbonyl (C=O) groups excluding carboxylic acids is 1. The number of rotatable bonds is 4. The maximum Gasteiger partial charge on any atom is 0.411 e. The van der Waals surface area contributed by atoms with Gasteiger partial charge in [-0.2, -0.15) is 0 Å². The van der Waals surface area contributed by atoms with E-state index in [0.717, 1.165) is 0 Å². The molecule has 0 radical (unpaired) electrons. The third-order valence-corrected chi connectivity index (χ3v) is 2.50. The molecule has 1 aromatic carbocycles. The van der Waals surface area contributed by atoms with Crippen LogP contribution in [0.1, 0.15) is 6.92 Å². The highest BCUT2D eigenvalue weighted by Crippen LogP contribution is 2.32. The lowest BCUT2D eigenvalue weighted by Crippen LogP contribution is -2.13. The van der Waals surface area contributed by atoms with E-state index in [9.17, 15) is 14.9 Å². The van der Waals surface area contributed by atoms with Gasteiger partial charge in [-0.25, -0.2) is 4.79 Å². The standard InChI is InChI=1S/C13H12N2O5/c1-2-19-13(16)14-9-5-6-10(11(8-9)15(17)18)12-4-3-7-20-12/h3-8H,2H2,1H3,(H,14,16). The van der Waals surface area contributed by atoms with Crippen LogP contribution in [0, 0.1) is 10.1 Å². The quantitative estimate of drug-likeness (QED) is 0.681. The average Bonchev–Trinajstić information content (AvgIpc) is 2.92. The first-order chi connectivity index (χ1) is 9.61. The number of ether oxygens (including phenoxy) is 1. The number of benzene rings is 1. The van der Waals surface area contributed by atoms with Gasteiger partial charge in [0.15, 0.2) is 0 Å². The number of hydrogen-bond donors (Lipinski definition) is 1. The second-order valence-electron chi connectivity index (χ2n) is 3.81. The molecule has 0 aliphatic carbocycles. The fourth-order valence-corrected chi connectivity index (χ4v) is 1.69. The highest BCUT2D eigenvalue weighted by molar-refractivity contribution is 5.86. The van der Waals surface area contributed by atoms with E-state index in [1.54, 1.807) is 25.1 Å². The number of nitro groups is 1. The van der Waals surface area contributed by atoms with Crippen LogP contribution in [0.2, 0.25) is 0 Å². The molecule has 0 atom stereocenters. The van der Waals surface area contributed by atoms with Crippen molar-refractivity contribution in [1.82, 2.24) is 0 Å². The van der Waals surface area contributed by atoms with E-state index in [1.807, 2.05) is 0 Å². The van der Waals surface area contributed by atoms with Crippen LogP contribution in [0.3, 0.4) is 0 Å². The van der Waals surface area contributed by atoms with Gasteiger partial charge in [0.2, 0.25) is 0 Å². The minimum absolute atomic E-state index is 0.158. The summed E-state index contributed by atoms with van der Waals surface area (Å²) in [4.78, 5) is 21.9. The van der Waals surface area contributed by atoms with Crippen LogP contribution in [0.15, 0.2) is 41.0 Å². The number of amides is 1. The number of hydrogen-bond acceptors (Lipinski definition) is 5. The van der Waals surface area contributed by atoms with Crippen LogP contribution >= 0.6 is 0 Å². The number of anilines is 1. The molecule has 0 bridgehead atoms. The SMILES string of the molecule is CCOC(=O)Nc1ccc(-c2ccco2)c([N+](=O)[O-])c1. The molecule has 104 valence electrons. The zero-order valence-corrected chi connectivity index (χ0v) is 10.7. The Bertz CT molecular complexity index is 622. The van der Waals surface area contributed by atoms with Gasteiger partial charge in [-0.3, -0.25) is 15.4 Å². The summed E-state index contributed by atoms with van der Waals surface area (Å²) >= 11 is 0. The van der Waals surface area contributed by atoms with Crippen LogP contribution in [0.4, 0.5) is 16.2 Å². The minimum Gasteiger partial charge on any atom is -0.464 e. The molecular weight excluding hydrogens is 264 g/mol. The monoisotopic (exact) mass is 276 g/mol. The molecule has 0 unspecified atom stereocenters. The van der Waals surface area contributed by atoms with Crippen molar-refractivity contribution in [2.24, 2.45) is 0 Å². The van der Waals surface area contributed by atoms with Gasteiger partial charge in [0.1, 0.15) is 5.76 Å². The Labute approximate surface area is 114 Å². The van der Waals surface area contributed by atoms with Gasteiger partial charge >= 0.3 is 6.09 Å². The van der Waals surface area contributed by atoms with Gasteiger partial charge in [0.05, 0.1) is 29.0 Å². The van der Waals surface area contributed by atoms with E-state index in [1.165, 1.54) is 18.4 Å². The van der Waals surface area contributed by atoms with Gasteiger partial charge in [0, 0.05) is 6.07 Å². The Morgan fingerprint density at radius 1 is 1.45 bits per heavy atom. The first-order valence-electron chi connectivity index (χ1n) is 5.88. The lowest BCUT2D eigenvalue weighted by atomic mass is 10.1. The molecule has 20 heavy (non-hydrogen) atoms. The van der Waals surface area contributed by atoms with Crippen LogP contribution in [0.5, 0.6) is 0 Å². The largest absolute Gasteiger partial charge is 0.464 e. The van der Waals surface area contributed by atoms with E-state index < -0.39 is 11.0 Å². The number of nitro benzene ring substituents is 1. The number of furan rings is 1. The zero-order chi connectivity index (χ0) is 14.5. The Morgan fingerprint density at radius 3 is 2.85 bits per heavy atom. The molecule has 1 N–H and O–H groups in total. The molecule has 1 amide bonds. The van der Waals surface area contributed by atoms with E-state index in [0.29, 0.717) is 11.3 Å². The van der Waals surface area contributed by atoms with Crippen molar-refractivity contribution in [2.45, 2.75) is 6.92 Å². The number of carbonyl (C=O) groups is 1. The van der Waals surface area contributed by atoms with Crippen molar-refractivity contribution in [3.63, 3.8) is 0 Å². The van der Waals surface area contributed by atoms with E-state index >= 15 is 0 Å². The van der Waals surface area contributed by atoms with Gasteiger partial charge in [0.25, 0.3) is 5.69 Å². The summed E-state index contributed by atoms with van der Waals surface area (Å²) in [5, 5.41) is 13.5. The molecule has 0 saturated heterocycles. The Balaban J connectivity index is 2.33. The average molecular weight is 276 g/mol. The fraction of sp³-hybridized carbons (Fsp3) is 0.154. The molecule has 7 heteroatoms. The summed E-state index contributed by atoms with van der Waals surface area (Å²) < 4.78 is 9.86. The summed E-state index contributed by atoms with van der Waals surface area (Å²) in [6, 6.07) is 7.58. The summed E-state index contributed by atoms with van der Waals surface area (Å²) in [5.74, 6) is 0.388. The second-order valence-corrected chi connectivity index (χ2v) is 3.81. The summed E-state index contributed by atoms with van der Waals surface area (Å²) in [6.07, 6.45) is 0.775. The molecule has 0 saturated carbocycles. The van der Waals surface area contributed by atoms with Crippen LogP contribution < -0.4 is 5.32 Å². The molecule has 0 fully saturated rings. The lowest BCUT2D eigenvalue weighted by molar-refractivity contribution is -0.384. The van der Waals surface area contributed by atoms with E-state index in [4.69, 9.17) is 9.15 Å². The first kappa shape index (κ1) is 13.6. The third-order valence-electron chi connectivity index (χ3n) is 2.50. The summed E-state index contributed by atoms with van der Waals surface area (Å²) in [6.45, 7) is 1.89. The summed E-state index contributed by atoms with van der Waals surface area (Å²) in [7, 11) is 0. The molecular formula is C13H12N2O5. The molecule has 0 aliphatic heterocycles. The van der Waals surface area contributed by atoms with Crippen molar-refractivity contribution in [1.29, 1.82) is 0 Å². The topological polar surface area (TPSA) is 94.6 Å².